The van der Waals surface area contributed by atoms with Crippen molar-refractivity contribution in [1.29, 1.82) is 0 Å². The van der Waals surface area contributed by atoms with E-state index in [2.05, 4.69) is 15.6 Å². The number of nitrogens with zero attached hydrogens (tertiary/aromatic N) is 1. The predicted molar refractivity (Wildman–Crippen MR) is 112 cm³/mol. The first-order valence-electron chi connectivity index (χ1n) is 8.73. The van der Waals surface area contributed by atoms with Crippen LogP contribution in [0.25, 0.3) is 0 Å². The second kappa shape index (κ2) is 9.62. The Morgan fingerprint density at radius 1 is 0.900 bits per heavy atom. The van der Waals surface area contributed by atoms with Crippen LogP contribution in [0.1, 0.15) is 10.4 Å². The summed E-state index contributed by atoms with van der Waals surface area (Å²) in [5.41, 5.74) is 0.470. The van der Waals surface area contributed by atoms with Gasteiger partial charge in [0.15, 0.2) is 0 Å². The summed E-state index contributed by atoms with van der Waals surface area (Å²) >= 11 is 6.05. The molecular weight excluding hydrogens is 410 g/mol. The number of rotatable bonds is 6. The minimum Gasteiger partial charge on any atom is -0.496 e. The van der Waals surface area contributed by atoms with Gasteiger partial charge in [-0.25, -0.2) is 9.78 Å². The lowest BCUT2D eigenvalue weighted by Crippen LogP contribution is -2.34. The van der Waals surface area contributed by atoms with Gasteiger partial charge in [0.2, 0.25) is 5.88 Å². The average Bonchev–Trinajstić information content (AvgIpc) is 2.75. The number of hydrogen-bond donors (Lipinski definition) is 2. The summed E-state index contributed by atoms with van der Waals surface area (Å²) in [7, 11) is 2.84. The number of hydrogen-bond acceptors (Lipinski definition) is 6. The predicted octanol–water partition coefficient (Wildman–Crippen LogP) is 4.51. The quantitative estimate of drug-likeness (QED) is 0.600. The molecule has 0 bridgehead atoms. The molecule has 0 fully saturated rings. The van der Waals surface area contributed by atoms with Crippen molar-refractivity contribution in [2.75, 3.05) is 19.5 Å². The summed E-state index contributed by atoms with van der Waals surface area (Å²) in [4.78, 5) is 28.8. The third-order valence-electron chi connectivity index (χ3n) is 3.93. The number of carbonyl (C=O) groups is 2. The standard InChI is InChI=1S/C21H18ClN3O5/c1-28-16-8-5-9-17(29-2)19(16)20(26)25-21(27)24-13-10-11-18(23-12-13)30-15-7-4-3-6-14(15)22/h3-12H,1-2H3,(H2,24,25,26,27). The highest BCUT2D eigenvalue weighted by Crippen LogP contribution is 2.29. The first-order chi connectivity index (χ1) is 14.5. The van der Waals surface area contributed by atoms with E-state index >= 15 is 0 Å². The number of urea groups is 1. The minimum atomic E-state index is -0.741. The van der Waals surface area contributed by atoms with Gasteiger partial charge in [-0.2, -0.15) is 0 Å². The summed E-state index contributed by atoms with van der Waals surface area (Å²) in [6, 6.07) is 14.2. The van der Waals surface area contributed by atoms with Crippen molar-refractivity contribution in [2.45, 2.75) is 0 Å². The summed E-state index contributed by atoms with van der Waals surface area (Å²) in [6.45, 7) is 0. The molecule has 0 saturated heterocycles. The van der Waals surface area contributed by atoms with Gasteiger partial charge in [0.05, 0.1) is 31.1 Å². The van der Waals surface area contributed by atoms with Crippen molar-refractivity contribution < 1.29 is 23.8 Å². The van der Waals surface area contributed by atoms with Crippen LogP contribution in [0.3, 0.4) is 0 Å². The number of carbonyl (C=O) groups excluding carboxylic acids is 2. The van der Waals surface area contributed by atoms with Crippen molar-refractivity contribution in [3.63, 3.8) is 0 Å². The molecule has 0 spiro atoms. The van der Waals surface area contributed by atoms with E-state index in [9.17, 15) is 9.59 Å². The molecule has 0 aliphatic heterocycles. The maximum absolute atomic E-state index is 12.5. The number of amides is 3. The minimum absolute atomic E-state index is 0.110. The molecule has 0 atom stereocenters. The van der Waals surface area contributed by atoms with Crippen LogP contribution in [0.2, 0.25) is 5.02 Å². The molecule has 3 amide bonds. The van der Waals surface area contributed by atoms with Crippen molar-refractivity contribution in [2.24, 2.45) is 0 Å². The number of benzene rings is 2. The van der Waals surface area contributed by atoms with Gasteiger partial charge in [-0.15, -0.1) is 0 Å². The van der Waals surface area contributed by atoms with Gasteiger partial charge in [-0.1, -0.05) is 29.8 Å². The molecule has 8 nitrogen and oxygen atoms in total. The van der Waals surface area contributed by atoms with E-state index in [1.165, 1.54) is 20.4 Å². The first-order valence-corrected chi connectivity index (χ1v) is 9.11. The first kappa shape index (κ1) is 20.9. The molecule has 1 aromatic heterocycles. The molecule has 0 radical (unpaired) electrons. The highest BCUT2D eigenvalue weighted by molar-refractivity contribution is 6.32. The topological polar surface area (TPSA) is 98.8 Å². The van der Waals surface area contributed by atoms with E-state index in [1.54, 1.807) is 54.6 Å². The van der Waals surface area contributed by atoms with Gasteiger partial charge >= 0.3 is 6.03 Å². The average molecular weight is 428 g/mol. The van der Waals surface area contributed by atoms with Crippen molar-refractivity contribution >= 4 is 29.2 Å². The Hall–Kier alpha value is -3.78. The Bertz CT molecular complexity index is 1030. The molecule has 2 aromatic carbocycles. The van der Waals surface area contributed by atoms with Crippen LogP contribution >= 0.6 is 11.6 Å². The molecule has 0 saturated carbocycles. The zero-order chi connectivity index (χ0) is 21.5. The molecule has 30 heavy (non-hydrogen) atoms. The van der Waals surface area contributed by atoms with Crippen LogP contribution in [-0.4, -0.2) is 31.1 Å². The second-order valence-corrected chi connectivity index (χ2v) is 6.27. The Kier molecular flexibility index (Phi) is 6.71. The van der Waals surface area contributed by atoms with E-state index in [1.807, 2.05) is 0 Å². The van der Waals surface area contributed by atoms with Gasteiger partial charge in [-0.3, -0.25) is 10.1 Å². The summed E-state index contributed by atoms with van der Waals surface area (Å²) in [5.74, 6) is 0.642. The largest absolute Gasteiger partial charge is 0.496 e. The van der Waals surface area contributed by atoms with Crippen molar-refractivity contribution in [3.05, 3.63) is 71.4 Å². The molecule has 0 unspecified atom stereocenters. The van der Waals surface area contributed by atoms with E-state index in [-0.39, 0.29) is 17.1 Å². The molecule has 0 aliphatic rings. The van der Waals surface area contributed by atoms with Crippen LogP contribution < -0.4 is 24.8 Å². The number of halogens is 1. The molecule has 1 heterocycles. The number of para-hydroxylation sites is 1. The lowest BCUT2D eigenvalue weighted by atomic mass is 10.1. The highest BCUT2D eigenvalue weighted by Gasteiger charge is 2.20. The molecular formula is C21H18ClN3O5. The fourth-order valence-corrected chi connectivity index (χ4v) is 2.73. The lowest BCUT2D eigenvalue weighted by Gasteiger charge is -2.13. The number of methoxy groups -OCH3 is 2. The maximum atomic E-state index is 12.5. The van der Waals surface area contributed by atoms with Crippen LogP contribution in [0.15, 0.2) is 60.8 Å². The van der Waals surface area contributed by atoms with E-state index in [0.717, 1.165) is 0 Å². The summed E-state index contributed by atoms with van der Waals surface area (Å²) in [5, 5.41) is 5.20. The van der Waals surface area contributed by atoms with Gasteiger partial charge in [0.25, 0.3) is 5.91 Å². The van der Waals surface area contributed by atoms with Gasteiger partial charge in [0, 0.05) is 6.07 Å². The highest BCUT2D eigenvalue weighted by atomic mass is 35.5. The van der Waals surface area contributed by atoms with Crippen LogP contribution in [0, 0.1) is 0 Å². The second-order valence-electron chi connectivity index (χ2n) is 5.86. The molecule has 3 rings (SSSR count). The number of nitrogens with one attached hydrogen (secondary N) is 2. The summed E-state index contributed by atoms with van der Waals surface area (Å²) < 4.78 is 15.9. The molecule has 0 aliphatic carbocycles. The van der Waals surface area contributed by atoms with Crippen LogP contribution in [-0.2, 0) is 0 Å². The molecule has 3 aromatic rings. The number of aromatic nitrogens is 1. The molecule has 2 N–H and O–H groups in total. The summed E-state index contributed by atoms with van der Waals surface area (Å²) in [6.07, 6.45) is 1.39. The van der Waals surface area contributed by atoms with E-state index in [0.29, 0.717) is 22.3 Å². The normalized spacial score (nSPS) is 10.1. The van der Waals surface area contributed by atoms with E-state index in [4.69, 9.17) is 25.8 Å². The molecule has 9 heteroatoms. The van der Waals surface area contributed by atoms with Crippen LogP contribution in [0.4, 0.5) is 10.5 Å². The Morgan fingerprint density at radius 2 is 1.57 bits per heavy atom. The number of pyridine rings is 1. The maximum Gasteiger partial charge on any atom is 0.326 e. The Balaban J connectivity index is 1.64. The van der Waals surface area contributed by atoms with Gasteiger partial charge in [-0.05, 0) is 30.3 Å². The Morgan fingerprint density at radius 3 is 2.17 bits per heavy atom. The Labute approximate surface area is 177 Å². The van der Waals surface area contributed by atoms with Gasteiger partial charge in [0.1, 0.15) is 22.8 Å². The van der Waals surface area contributed by atoms with Gasteiger partial charge < -0.3 is 19.5 Å². The fourth-order valence-electron chi connectivity index (χ4n) is 2.56. The number of imide groups is 1. The lowest BCUT2D eigenvalue weighted by molar-refractivity contribution is 0.0961. The monoisotopic (exact) mass is 427 g/mol. The van der Waals surface area contributed by atoms with Crippen molar-refractivity contribution in [3.8, 4) is 23.1 Å². The smallest absolute Gasteiger partial charge is 0.326 e. The SMILES string of the molecule is COc1cccc(OC)c1C(=O)NC(=O)Nc1ccc(Oc2ccccc2Cl)nc1. The third-order valence-corrected chi connectivity index (χ3v) is 4.24. The van der Waals surface area contributed by atoms with Crippen molar-refractivity contribution in [1.82, 2.24) is 10.3 Å². The van der Waals surface area contributed by atoms with E-state index < -0.39 is 11.9 Å². The fraction of sp³-hybridized carbons (Fsp3) is 0.0952. The third kappa shape index (κ3) is 4.98. The zero-order valence-corrected chi connectivity index (χ0v) is 16.9. The molecule has 154 valence electrons. The number of ether oxygens (including phenoxy) is 3. The number of anilines is 1. The zero-order valence-electron chi connectivity index (χ0n) is 16.1. The van der Waals surface area contributed by atoms with Crippen LogP contribution in [0.5, 0.6) is 23.1 Å².